The Labute approximate surface area is 238 Å². The average molecular weight is 591 g/mol. The molecule has 1 N–H and O–H groups in total. The number of para-hydroxylation sites is 1. The summed E-state index contributed by atoms with van der Waals surface area (Å²) in [5.41, 5.74) is 0.117. The molecule has 2 amide bonds. The number of ether oxygens (including phenoxy) is 1. The first-order chi connectivity index (χ1) is 18.5. The summed E-state index contributed by atoms with van der Waals surface area (Å²) in [5.74, 6) is 0.513. The second kappa shape index (κ2) is 11.9. The minimum atomic E-state index is -4.08. The zero-order valence-electron chi connectivity index (χ0n) is 21.7. The van der Waals surface area contributed by atoms with E-state index in [2.05, 4.69) is 4.72 Å². The van der Waals surface area contributed by atoms with Crippen molar-refractivity contribution in [3.05, 3.63) is 82.3 Å². The van der Waals surface area contributed by atoms with E-state index in [4.69, 9.17) is 27.9 Å². The van der Waals surface area contributed by atoms with Crippen LogP contribution in [0.15, 0.2) is 71.6 Å². The molecule has 8 nitrogen and oxygen atoms in total. The minimum absolute atomic E-state index is 0.0341. The topological polar surface area (TPSA) is 96.0 Å². The van der Waals surface area contributed by atoms with Crippen LogP contribution in [0.2, 0.25) is 10.0 Å². The summed E-state index contributed by atoms with van der Waals surface area (Å²) in [7, 11) is -4.08. The molecule has 206 valence electrons. The Balaban J connectivity index is 1.54. The Morgan fingerprint density at radius 1 is 1.05 bits per heavy atom. The quantitative estimate of drug-likeness (QED) is 0.352. The van der Waals surface area contributed by atoms with Crippen molar-refractivity contribution in [3.63, 3.8) is 0 Å². The van der Waals surface area contributed by atoms with Crippen LogP contribution in [0.1, 0.15) is 31.1 Å². The van der Waals surface area contributed by atoms with Gasteiger partial charge in [-0.25, -0.2) is 8.42 Å². The van der Waals surface area contributed by atoms with Crippen LogP contribution in [-0.4, -0.2) is 55.7 Å². The lowest BCUT2D eigenvalue weighted by Crippen LogP contribution is -2.58. The zero-order valence-corrected chi connectivity index (χ0v) is 24.1. The second-order valence-electron chi connectivity index (χ2n) is 9.65. The molecule has 39 heavy (non-hydrogen) atoms. The zero-order chi connectivity index (χ0) is 28.3. The maximum absolute atomic E-state index is 13.6. The molecular formula is C28H29Cl2N3O5S. The summed E-state index contributed by atoms with van der Waals surface area (Å²) in [5, 5.41) is 0.688. The van der Waals surface area contributed by atoms with Gasteiger partial charge in [0.15, 0.2) is 0 Å². The number of rotatable bonds is 8. The number of benzene rings is 3. The van der Waals surface area contributed by atoms with Gasteiger partial charge in [0.05, 0.1) is 21.2 Å². The Hall–Kier alpha value is -3.27. The number of sulfonamides is 1. The van der Waals surface area contributed by atoms with Crippen molar-refractivity contribution in [3.8, 4) is 11.5 Å². The maximum atomic E-state index is 13.6. The predicted octanol–water partition coefficient (Wildman–Crippen LogP) is 5.92. The molecule has 11 heteroatoms. The van der Waals surface area contributed by atoms with Crippen LogP contribution in [-0.2, 0) is 14.8 Å². The van der Waals surface area contributed by atoms with Gasteiger partial charge in [0.1, 0.15) is 17.5 Å². The number of amides is 2. The van der Waals surface area contributed by atoms with Crippen LogP contribution in [0, 0.1) is 5.92 Å². The van der Waals surface area contributed by atoms with Gasteiger partial charge in [-0.15, -0.1) is 0 Å². The molecule has 0 radical (unpaired) electrons. The van der Waals surface area contributed by atoms with Gasteiger partial charge in [-0.1, -0.05) is 49.2 Å². The van der Waals surface area contributed by atoms with E-state index in [0.29, 0.717) is 42.1 Å². The van der Waals surface area contributed by atoms with Gasteiger partial charge in [-0.05, 0) is 67.4 Å². The van der Waals surface area contributed by atoms with Crippen molar-refractivity contribution in [1.29, 1.82) is 0 Å². The molecule has 1 saturated heterocycles. The number of carbonyl (C=O) groups excluding carboxylic acids is 2. The van der Waals surface area contributed by atoms with Crippen molar-refractivity contribution in [2.75, 3.05) is 24.4 Å². The van der Waals surface area contributed by atoms with Crippen LogP contribution in [0.5, 0.6) is 11.5 Å². The lowest BCUT2D eigenvalue weighted by atomic mass is 10.1. The third-order valence-electron chi connectivity index (χ3n) is 6.25. The Morgan fingerprint density at radius 3 is 2.41 bits per heavy atom. The Bertz CT molecular complexity index is 1480. The number of nitrogens with one attached hydrogen (secondary N) is 1. The van der Waals surface area contributed by atoms with Crippen LogP contribution in [0.3, 0.4) is 0 Å². The van der Waals surface area contributed by atoms with E-state index >= 15 is 0 Å². The number of hydrogen-bond donors (Lipinski definition) is 1. The SMILES string of the molecule is CC(C)CN1CCN(C(=O)c2cc(Cl)ccc2NS(=O)(=O)c2ccc(Oc3ccccc3Cl)cc2)[C@@H](C)C1=O. The third kappa shape index (κ3) is 6.66. The molecular weight excluding hydrogens is 561 g/mol. The number of nitrogens with zero attached hydrogens (tertiary/aromatic N) is 2. The molecule has 0 aliphatic carbocycles. The molecule has 1 aliphatic rings. The highest BCUT2D eigenvalue weighted by atomic mass is 35.5. The lowest BCUT2D eigenvalue weighted by Gasteiger charge is -2.40. The van der Waals surface area contributed by atoms with Crippen LogP contribution < -0.4 is 9.46 Å². The normalized spacial score (nSPS) is 15.9. The Kier molecular flexibility index (Phi) is 8.73. The fourth-order valence-corrected chi connectivity index (χ4v) is 5.74. The largest absolute Gasteiger partial charge is 0.456 e. The van der Waals surface area contributed by atoms with Gasteiger partial charge in [-0.3, -0.25) is 14.3 Å². The third-order valence-corrected chi connectivity index (χ3v) is 8.18. The monoisotopic (exact) mass is 589 g/mol. The molecule has 0 unspecified atom stereocenters. The van der Waals surface area contributed by atoms with Crippen LogP contribution >= 0.6 is 23.2 Å². The van der Waals surface area contributed by atoms with E-state index < -0.39 is 22.0 Å². The summed E-state index contributed by atoms with van der Waals surface area (Å²) in [6.45, 7) is 7.06. The molecule has 0 aromatic heterocycles. The standard InChI is InChI=1S/C28H29Cl2N3O5S/c1-18(2)17-32-14-15-33(19(3)27(32)34)28(35)23-16-20(29)8-13-25(23)31-39(36,37)22-11-9-21(10-12-22)38-26-7-5-4-6-24(26)30/h4-13,16,18-19,31H,14-15,17H2,1-3H3/t19-/m0/s1. The maximum Gasteiger partial charge on any atom is 0.261 e. The highest BCUT2D eigenvalue weighted by molar-refractivity contribution is 7.92. The summed E-state index contributed by atoms with van der Waals surface area (Å²) < 4.78 is 34.7. The first kappa shape index (κ1) is 28.7. The van der Waals surface area contributed by atoms with Gasteiger partial charge in [0, 0.05) is 24.7 Å². The van der Waals surface area contributed by atoms with E-state index in [9.17, 15) is 18.0 Å². The van der Waals surface area contributed by atoms with Gasteiger partial charge >= 0.3 is 0 Å². The second-order valence-corrected chi connectivity index (χ2v) is 12.2. The highest BCUT2D eigenvalue weighted by Gasteiger charge is 2.36. The molecule has 4 rings (SSSR count). The van der Waals surface area contributed by atoms with Crippen molar-refractivity contribution in [2.45, 2.75) is 31.7 Å². The minimum Gasteiger partial charge on any atom is -0.456 e. The van der Waals surface area contributed by atoms with Crippen LogP contribution in [0.4, 0.5) is 5.69 Å². The molecule has 0 bridgehead atoms. The number of piperazine rings is 1. The first-order valence-corrected chi connectivity index (χ1v) is 14.6. The fourth-order valence-electron chi connectivity index (χ4n) is 4.31. The number of hydrogen-bond acceptors (Lipinski definition) is 5. The molecule has 1 heterocycles. The Morgan fingerprint density at radius 2 is 1.74 bits per heavy atom. The predicted molar refractivity (Wildman–Crippen MR) is 152 cm³/mol. The molecule has 3 aromatic rings. The number of carbonyl (C=O) groups is 2. The fraction of sp³-hybridized carbons (Fsp3) is 0.286. The van der Waals surface area contributed by atoms with Crippen molar-refractivity contribution in [1.82, 2.24) is 9.80 Å². The summed E-state index contributed by atoms with van der Waals surface area (Å²) >= 11 is 12.3. The summed E-state index contributed by atoms with van der Waals surface area (Å²) in [6.07, 6.45) is 0. The highest BCUT2D eigenvalue weighted by Crippen LogP contribution is 2.31. The molecule has 0 spiro atoms. The van der Waals surface area contributed by atoms with Gasteiger partial charge in [0.2, 0.25) is 5.91 Å². The van der Waals surface area contributed by atoms with E-state index in [1.54, 1.807) is 36.1 Å². The molecule has 0 saturated carbocycles. The van der Waals surface area contributed by atoms with E-state index in [1.807, 2.05) is 13.8 Å². The first-order valence-electron chi connectivity index (χ1n) is 12.4. The molecule has 3 aromatic carbocycles. The summed E-state index contributed by atoms with van der Waals surface area (Å²) in [4.78, 5) is 29.6. The lowest BCUT2D eigenvalue weighted by molar-refractivity contribution is -0.140. The van der Waals surface area contributed by atoms with Crippen molar-refractivity contribution in [2.24, 2.45) is 5.92 Å². The number of anilines is 1. The van der Waals surface area contributed by atoms with Gasteiger partial charge < -0.3 is 14.5 Å². The molecule has 1 fully saturated rings. The average Bonchev–Trinajstić information content (AvgIpc) is 2.89. The van der Waals surface area contributed by atoms with Gasteiger partial charge in [0.25, 0.3) is 15.9 Å². The van der Waals surface area contributed by atoms with E-state index in [0.717, 1.165) is 0 Å². The van der Waals surface area contributed by atoms with E-state index in [-0.39, 0.29) is 27.1 Å². The molecule has 1 atom stereocenters. The van der Waals surface area contributed by atoms with Crippen molar-refractivity contribution < 1.29 is 22.7 Å². The molecule has 1 aliphatic heterocycles. The number of halogens is 2. The van der Waals surface area contributed by atoms with Crippen LogP contribution in [0.25, 0.3) is 0 Å². The van der Waals surface area contributed by atoms with E-state index in [1.165, 1.54) is 47.4 Å². The van der Waals surface area contributed by atoms with Crippen molar-refractivity contribution >= 4 is 50.7 Å². The van der Waals surface area contributed by atoms with Gasteiger partial charge in [-0.2, -0.15) is 0 Å². The summed E-state index contributed by atoms with van der Waals surface area (Å²) in [6, 6.07) is 16.4. The smallest absolute Gasteiger partial charge is 0.261 e.